The first-order chi connectivity index (χ1) is 20.0. The van der Waals surface area contributed by atoms with Crippen molar-refractivity contribution in [1.82, 2.24) is 14.5 Å². The number of nitrogens with zero attached hydrogens (tertiary/aromatic N) is 3. The number of halogens is 3. The molecule has 10 heteroatoms. The second-order valence-corrected chi connectivity index (χ2v) is 11.7. The summed E-state index contributed by atoms with van der Waals surface area (Å²) in [6.07, 6.45) is 5.85. The van der Waals surface area contributed by atoms with Gasteiger partial charge in [0.05, 0.1) is 33.8 Å². The van der Waals surface area contributed by atoms with Crippen LogP contribution in [0, 0.1) is 5.92 Å². The summed E-state index contributed by atoms with van der Waals surface area (Å²) < 4.78 is 42.9. The van der Waals surface area contributed by atoms with Crippen molar-refractivity contribution in [3.05, 3.63) is 94.5 Å². The van der Waals surface area contributed by atoms with E-state index >= 15 is 4.39 Å². The minimum atomic E-state index is -1.03. The number of fused-ring (bicyclic) bond motifs is 1. The Hall–Kier alpha value is -3.82. The third-order valence-electron chi connectivity index (χ3n) is 7.55. The van der Waals surface area contributed by atoms with E-state index in [1.807, 2.05) is 11.5 Å². The Balaban J connectivity index is 1.37. The number of rotatable bonds is 10. The summed E-state index contributed by atoms with van der Waals surface area (Å²) in [5.74, 6) is -0.868. The van der Waals surface area contributed by atoms with E-state index in [-0.39, 0.29) is 30.3 Å². The van der Waals surface area contributed by atoms with Gasteiger partial charge in [0.1, 0.15) is 24.1 Å². The number of carbonyl (C=O) groups is 1. The monoisotopic (exact) mass is 595 g/mol. The number of hydrogen-bond acceptors (Lipinski definition) is 5. The van der Waals surface area contributed by atoms with Gasteiger partial charge in [0, 0.05) is 31.7 Å². The van der Waals surface area contributed by atoms with Crippen LogP contribution in [0.5, 0.6) is 5.88 Å². The average molecular weight is 596 g/mol. The number of aromatic carboxylic acids is 1. The summed E-state index contributed by atoms with van der Waals surface area (Å²) in [5, 5.41) is 9.44. The number of carboxylic acid groups (broad SMARTS) is 1. The maximum Gasteiger partial charge on any atom is 0.335 e. The Morgan fingerprint density at radius 3 is 2.79 bits per heavy atom. The lowest BCUT2D eigenvalue weighted by atomic mass is 9.85. The van der Waals surface area contributed by atoms with Crippen LogP contribution in [0.25, 0.3) is 16.6 Å². The maximum absolute atomic E-state index is 15.6. The molecule has 0 aliphatic heterocycles. The Kier molecular flexibility index (Phi) is 8.61. The van der Waals surface area contributed by atoms with E-state index < -0.39 is 16.7 Å². The number of pyridine rings is 1. The zero-order valence-corrected chi connectivity index (χ0v) is 24.4. The SMILES string of the molecule is COCCn1c(CC2=C(F)C=C(c3cccc(OCC4=CCC(C)(Cl)C=C4F)n3)C(C)C2)nc2ccc(C(=O)O)cc21. The molecule has 0 bridgehead atoms. The molecule has 0 spiro atoms. The molecule has 220 valence electrons. The first-order valence-electron chi connectivity index (χ1n) is 13.7. The summed E-state index contributed by atoms with van der Waals surface area (Å²) in [6.45, 7) is 4.62. The van der Waals surface area contributed by atoms with Gasteiger partial charge in [0.25, 0.3) is 0 Å². The predicted octanol–water partition coefficient (Wildman–Crippen LogP) is 7.23. The van der Waals surface area contributed by atoms with Gasteiger partial charge in [-0.2, -0.15) is 0 Å². The lowest BCUT2D eigenvalue weighted by Crippen LogP contribution is -2.18. The van der Waals surface area contributed by atoms with Gasteiger partial charge < -0.3 is 19.1 Å². The van der Waals surface area contributed by atoms with E-state index in [1.54, 1.807) is 50.4 Å². The van der Waals surface area contributed by atoms with Gasteiger partial charge in [0.15, 0.2) is 0 Å². The largest absolute Gasteiger partial charge is 0.478 e. The number of carboxylic acids is 1. The summed E-state index contributed by atoms with van der Waals surface area (Å²) in [7, 11) is 1.59. The molecule has 2 aliphatic carbocycles. The molecule has 0 saturated heterocycles. The van der Waals surface area contributed by atoms with Crippen molar-refractivity contribution in [2.45, 2.75) is 44.5 Å². The molecular formula is C32H32ClF2N3O4. The van der Waals surface area contributed by atoms with Crippen molar-refractivity contribution in [3.8, 4) is 5.88 Å². The average Bonchev–Trinajstić information content (AvgIpc) is 3.28. The number of alkyl halides is 1. The molecule has 1 N–H and O–H groups in total. The number of allylic oxidation sites excluding steroid dienone is 6. The highest BCUT2D eigenvalue weighted by Crippen LogP contribution is 2.37. The van der Waals surface area contributed by atoms with Crippen LogP contribution in [0.15, 0.2) is 77.4 Å². The molecule has 42 heavy (non-hydrogen) atoms. The summed E-state index contributed by atoms with van der Waals surface area (Å²) in [5.41, 5.74) is 3.81. The highest BCUT2D eigenvalue weighted by molar-refractivity contribution is 6.25. The fraction of sp³-hybridized carbons (Fsp3) is 0.344. The number of hydrogen-bond donors (Lipinski definition) is 1. The number of methoxy groups -OCH3 is 1. The molecule has 2 heterocycles. The van der Waals surface area contributed by atoms with Crippen LogP contribution in [0.4, 0.5) is 8.78 Å². The van der Waals surface area contributed by atoms with E-state index in [4.69, 9.17) is 26.1 Å². The minimum Gasteiger partial charge on any atom is -0.478 e. The van der Waals surface area contributed by atoms with Gasteiger partial charge in [-0.3, -0.25) is 0 Å². The lowest BCUT2D eigenvalue weighted by Gasteiger charge is -2.23. The van der Waals surface area contributed by atoms with Crippen molar-refractivity contribution in [1.29, 1.82) is 0 Å². The van der Waals surface area contributed by atoms with E-state index in [2.05, 4.69) is 4.98 Å². The first kappa shape index (κ1) is 29.7. The fourth-order valence-electron chi connectivity index (χ4n) is 5.28. The minimum absolute atomic E-state index is 0.0107. The topological polar surface area (TPSA) is 86.5 Å². The summed E-state index contributed by atoms with van der Waals surface area (Å²) >= 11 is 6.22. The molecule has 2 aliphatic rings. The van der Waals surface area contributed by atoms with Crippen LogP contribution in [-0.4, -0.2) is 50.8 Å². The standard InChI is InChI=1S/C32H32ClF2N3O4/c1-19-13-22(15-29-36-27-8-7-20(31(39)40)14-28(27)38(29)11-12-41-3)24(34)16-23(19)26-5-4-6-30(37-26)42-18-21-9-10-32(2,33)17-25(21)35/h4-9,14,16-17,19H,10-13,15,18H2,1-3H3,(H,39,40). The molecule has 2 unspecified atom stereocenters. The van der Waals surface area contributed by atoms with E-state index in [9.17, 15) is 14.3 Å². The van der Waals surface area contributed by atoms with Gasteiger partial charge in [0.2, 0.25) is 5.88 Å². The number of aromatic nitrogens is 3. The molecule has 0 saturated carbocycles. The van der Waals surface area contributed by atoms with E-state index in [0.717, 1.165) is 5.57 Å². The van der Waals surface area contributed by atoms with Crippen molar-refractivity contribution >= 4 is 34.2 Å². The van der Waals surface area contributed by atoms with Gasteiger partial charge in [-0.15, -0.1) is 11.6 Å². The van der Waals surface area contributed by atoms with Crippen molar-refractivity contribution in [2.24, 2.45) is 5.92 Å². The Morgan fingerprint density at radius 2 is 2.05 bits per heavy atom. The van der Waals surface area contributed by atoms with Crippen LogP contribution >= 0.6 is 11.6 Å². The predicted molar refractivity (Wildman–Crippen MR) is 158 cm³/mol. The van der Waals surface area contributed by atoms with Crippen LogP contribution < -0.4 is 4.74 Å². The highest BCUT2D eigenvalue weighted by atomic mass is 35.5. The molecule has 1 aromatic carbocycles. The normalized spacial score (nSPS) is 20.8. The van der Waals surface area contributed by atoms with Crippen LogP contribution in [0.2, 0.25) is 0 Å². The Morgan fingerprint density at radius 1 is 1.24 bits per heavy atom. The van der Waals surface area contributed by atoms with Gasteiger partial charge >= 0.3 is 5.97 Å². The molecule has 0 radical (unpaired) electrons. The van der Waals surface area contributed by atoms with Gasteiger partial charge in [-0.05, 0) is 73.2 Å². The van der Waals surface area contributed by atoms with Gasteiger partial charge in [-0.25, -0.2) is 23.5 Å². The number of ether oxygens (including phenoxy) is 2. The Labute approximate surface area is 247 Å². The quantitative estimate of drug-likeness (QED) is 0.249. The number of benzene rings is 1. The van der Waals surface area contributed by atoms with E-state index in [1.165, 1.54) is 18.2 Å². The molecule has 5 rings (SSSR count). The second kappa shape index (κ2) is 12.2. The molecular weight excluding hydrogens is 564 g/mol. The zero-order chi connectivity index (χ0) is 30.0. The maximum atomic E-state index is 15.6. The molecule has 2 atom stereocenters. The van der Waals surface area contributed by atoms with Crippen molar-refractivity contribution < 1.29 is 28.2 Å². The molecule has 3 aromatic rings. The van der Waals surface area contributed by atoms with Crippen LogP contribution in [-0.2, 0) is 17.7 Å². The van der Waals surface area contributed by atoms with E-state index in [0.29, 0.717) is 65.6 Å². The Bertz CT molecular complexity index is 1650. The summed E-state index contributed by atoms with van der Waals surface area (Å²) in [6, 6.07) is 10.0. The third-order valence-corrected chi connectivity index (χ3v) is 7.81. The fourth-order valence-corrected chi connectivity index (χ4v) is 5.45. The third kappa shape index (κ3) is 6.47. The first-order valence-corrected chi connectivity index (χ1v) is 14.1. The number of imidazole rings is 1. The molecule has 0 amide bonds. The highest BCUT2D eigenvalue weighted by Gasteiger charge is 2.26. The summed E-state index contributed by atoms with van der Waals surface area (Å²) in [4.78, 5) is 20.1. The second-order valence-electron chi connectivity index (χ2n) is 10.9. The zero-order valence-electron chi connectivity index (χ0n) is 23.7. The van der Waals surface area contributed by atoms with Crippen LogP contribution in [0.3, 0.4) is 0 Å². The van der Waals surface area contributed by atoms with Crippen molar-refractivity contribution in [2.75, 3.05) is 20.3 Å². The van der Waals surface area contributed by atoms with Gasteiger partial charge in [-0.1, -0.05) is 19.1 Å². The molecule has 2 aromatic heterocycles. The smallest absolute Gasteiger partial charge is 0.335 e. The lowest BCUT2D eigenvalue weighted by molar-refractivity contribution is 0.0697. The van der Waals surface area contributed by atoms with Crippen molar-refractivity contribution in [3.63, 3.8) is 0 Å². The molecule has 0 fully saturated rings. The molecule has 7 nitrogen and oxygen atoms in total. The van der Waals surface area contributed by atoms with Crippen LogP contribution in [0.1, 0.15) is 48.6 Å².